The van der Waals surface area contributed by atoms with Gasteiger partial charge in [-0.15, -0.1) is 0 Å². The first-order chi connectivity index (χ1) is 11.7. The van der Waals surface area contributed by atoms with Crippen molar-refractivity contribution in [3.05, 3.63) is 65.7 Å². The molecule has 3 amide bonds. The smallest absolute Gasteiger partial charge is 0.322 e. The number of hydrogen-bond donors (Lipinski definition) is 2. The first-order valence-electron chi connectivity index (χ1n) is 8.17. The van der Waals surface area contributed by atoms with Crippen LogP contribution < -0.4 is 15.5 Å². The Bertz CT molecular complexity index is 730. The van der Waals surface area contributed by atoms with Gasteiger partial charge in [0.1, 0.15) is 6.04 Å². The Morgan fingerprint density at radius 3 is 2.50 bits per heavy atom. The largest absolute Gasteiger partial charge is 0.355 e. The van der Waals surface area contributed by atoms with E-state index in [-0.39, 0.29) is 11.9 Å². The Balaban J connectivity index is 1.78. The van der Waals surface area contributed by atoms with Gasteiger partial charge in [0.05, 0.1) is 0 Å². The summed E-state index contributed by atoms with van der Waals surface area (Å²) >= 11 is 0. The number of likely N-dealkylation sites (N-methyl/N-ethyl adjacent to an activating group) is 1. The summed E-state index contributed by atoms with van der Waals surface area (Å²) in [5, 5.41) is 5.74. The molecule has 0 unspecified atom stereocenters. The van der Waals surface area contributed by atoms with Crippen molar-refractivity contribution in [1.82, 2.24) is 10.6 Å². The average molecular weight is 323 g/mol. The van der Waals surface area contributed by atoms with Gasteiger partial charge in [0, 0.05) is 25.2 Å². The van der Waals surface area contributed by atoms with Gasteiger partial charge in [-0.25, -0.2) is 4.79 Å². The fourth-order valence-corrected chi connectivity index (χ4v) is 3.00. The van der Waals surface area contributed by atoms with Crippen LogP contribution in [-0.4, -0.2) is 24.5 Å². The maximum atomic E-state index is 12.7. The lowest BCUT2D eigenvalue weighted by molar-refractivity contribution is -0.122. The molecule has 24 heavy (non-hydrogen) atoms. The summed E-state index contributed by atoms with van der Waals surface area (Å²) < 4.78 is 0. The third-order valence-electron chi connectivity index (χ3n) is 4.14. The maximum absolute atomic E-state index is 12.7. The molecule has 2 aromatic rings. The van der Waals surface area contributed by atoms with Gasteiger partial charge >= 0.3 is 6.03 Å². The lowest BCUT2D eigenvalue weighted by Crippen LogP contribution is -2.51. The van der Waals surface area contributed by atoms with Crippen LogP contribution in [-0.2, 0) is 17.8 Å². The Morgan fingerprint density at radius 1 is 1.04 bits per heavy atom. The number of amides is 3. The molecule has 0 saturated carbocycles. The standard InChI is InChI=1S/C19H21N3O2/c1-2-20-18(23)17-12-15-10-6-7-11-16(15)22(17)19(24)21-13-14-8-4-3-5-9-14/h3-11,17H,2,12-13H2,1H3,(H,20,23)(H,21,24)/t17-/m0/s1. The Kier molecular flexibility index (Phi) is 4.79. The molecule has 1 atom stereocenters. The molecule has 1 aliphatic heterocycles. The molecule has 2 aromatic carbocycles. The summed E-state index contributed by atoms with van der Waals surface area (Å²) in [7, 11) is 0. The highest BCUT2D eigenvalue weighted by molar-refractivity contribution is 6.02. The molecule has 0 radical (unpaired) electrons. The molecular weight excluding hydrogens is 302 g/mol. The quantitative estimate of drug-likeness (QED) is 0.908. The molecule has 5 nitrogen and oxygen atoms in total. The van der Waals surface area contributed by atoms with E-state index in [2.05, 4.69) is 10.6 Å². The van der Waals surface area contributed by atoms with Gasteiger partial charge in [-0.05, 0) is 24.1 Å². The fourth-order valence-electron chi connectivity index (χ4n) is 3.00. The normalized spacial score (nSPS) is 15.7. The average Bonchev–Trinajstić information content (AvgIpc) is 3.00. The number of carbonyl (C=O) groups excluding carboxylic acids is 2. The van der Waals surface area contributed by atoms with Crippen molar-refractivity contribution in [3.8, 4) is 0 Å². The second kappa shape index (κ2) is 7.17. The van der Waals surface area contributed by atoms with Crippen molar-refractivity contribution in [2.75, 3.05) is 11.4 Å². The van der Waals surface area contributed by atoms with Gasteiger partial charge < -0.3 is 10.6 Å². The molecule has 0 spiro atoms. The van der Waals surface area contributed by atoms with E-state index in [1.807, 2.05) is 61.5 Å². The van der Waals surface area contributed by atoms with Gasteiger partial charge in [0.25, 0.3) is 0 Å². The van der Waals surface area contributed by atoms with Crippen molar-refractivity contribution in [2.45, 2.75) is 25.9 Å². The van der Waals surface area contributed by atoms with Crippen LogP contribution in [0.15, 0.2) is 54.6 Å². The number of fused-ring (bicyclic) bond motifs is 1. The molecule has 0 bridgehead atoms. The highest BCUT2D eigenvalue weighted by Gasteiger charge is 2.37. The second-order valence-corrected chi connectivity index (χ2v) is 5.76. The van der Waals surface area contributed by atoms with E-state index in [9.17, 15) is 9.59 Å². The molecule has 0 fully saturated rings. The summed E-state index contributed by atoms with van der Waals surface area (Å²) in [5.41, 5.74) is 2.84. The first kappa shape index (κ1) is 16.1. The number of hydrogen-bond acceptors (Lipinski definition) is 2. The number of anilines is 1. The monoisotopic (exact) mass is 323 g/mol. The van der Waals surface area contributed by atoms with Crippen LogP contribution in [0.2, 0.25) is 0 Å². The van der Waals surface area contributed by atoms with Gasteiger partial charge in [-0.2, -0.15) is 0 Å². The molecule has 5 heteroatoms. The van der Waals surface area contributed by atoms with E-state index in [0.717, 1.165) is 16.8 Å². The lowest BCUT2D eigenvalue weighted by atomic mass is 10.1. The first-order valence-corrected chi connectivity index (χ1v) is 8.17. The summed E-state index contributed by atoms with van der Waals surface area (Å²) in [5.74, 6) is -0.122. The van der Waals surface area contributed by atoms with Gasteiger partial charge in [-0.3, -0.25) is 9.69 Å². The SMILES string of the molecule is CCNC(=O)[C@@H]1Cc2ccccc2N1C(=O)NCc1ccccc1. The topological polar surface area (TPSA) is 61.4 Å². The van der Waals surface area contributed by atoms with Crippen molar-refractivity contribution in [3.63, 3.8) is 0 Å². The van der Waals surface area contributed by atoms with Gasteiger partial charge in [0.2, 0.25) is 5.91 Å². The second-order valence-electron chi connectivity index (χ2n) is 5.76. The number of urea groups is 1. The van der Waals surface area contributed by atoms with Crippen molar-refractivity contribution in [2.24, 2.45) is 0 Å². The molecule has 0 aromatic heterocycles. The molecule has 1 aliphatic rings. The van der Waals surface area contributed by atoms with Crippen LogP contribution in [0.3, 0.4) is 0 Å². The van der Waals surface area contributed by atoms with Crippen molar-refractivity contribution >= 4 is 17.6 Å². The summed E-state index contributed by atoms with van der Waals surface area (Å²) in [6.45, 7) is 2.85. The highest BCUT2D eigenvalue weighted by Crippen LogP contribution is 2.32. The number of para-hydroxylation sites is 1. The van der Waals surface area contributed by atoms with Crippen LogP contribution in [0.1, 0.15) is 18.1 Å². The number of carbonyl (C=O) groups is 2. The zero-order valence-corrected chi connectivity index (χ0v) is 13.7. The third-order valence-corrected chi connectivity index (χ3v) is 4.14. The van der Waals surface area contributed by atoms with Gasteiger partial charge in [-0.1, -0.05) is 48.5 Å². The summed E-state index contributed by atoms with van der Waals surface area (Å²) in [6, 6.07) is 16.6. The Morgan fingerprint density at radius 2 is 1.75 bits per heavy atom. The molecule has 124 valence electrons. The van der Waals surface area contributed by atoms with Crippen LogP contribution in [0.5, 0.6) is 0 Å². The number of benzene rings is 2. The molecule has 1 heterocycles. The Labute approximate surface area is 141 Å². The van der Waals surface area contributed by atoms with Gasteiger partial charge in [0.15, 0.2) is 0 Å². The maximum Gasteiger partial charge on any atom is 0.322 e. The van der Waals surface area contributed by atoms with E-state index in [1.165, 1.54) is 0 Å². The van der Waals surface area contributed by atoms with E-state index in [4.69, 9.17) is 0 Å². The Hall–Kier alpha value is -2.82. The third kappa shape index (κ3) is 3.25. The van der Waals surface area contributed by atoms with E-state index >= 15 is 0 Å². The number of nitrogens with zero attached hydrogens (tertiary/aromatic N) is 1. The molecule has 0 saturated heterocycles. The number of rotatable bonds is 4. The predicted octanol–water partition coefficient (Wildman–Crippen LogP) is 2.46. The van der Waals surface area contributed by atoms with E-state index < -0.39 is 6.04 Å². The van der Waals surface area contributed by atoms with E-state index in [0.29, 0.717) is 19.5 Å². The molecular formula is C19H21N3O2. The zero-order valence-electron chi connectivity index (χ0n) is 13.7. The van der Waals surface area contributed by atoms with Crippen molar-refractivity contribution in [1.29, 1.82) is 0 Å². The van der Waals surface area contributed by atoms with Crippen LogP contribution in [0.4, 0.5) is 10.5 Å². The lowest BCUT2D eigenvalue weighted by Gasteiger charge is -2.25. The number of nitrogens with one attached hydrogen (secondary N) is 2. The fraction of sp³-hybridized carbons (Fsp3) is 0.263. The van der Waals surface area contributed by atoms with Crippen LogP contribution in [0, 0.1) is 0 Å². The highest BCUT2D eigenvalue weighted by atomic mass is 16.2. The minimum absolute atomic E-state index is 0.122. The summed E-state index contributed by atoms with van der Waals surface area (Å²) in [4.78, 5) is 26.7. The molecule has 2 N–H and O–H groups in total. The van der Waals surface area contributed by atoms with Crippen molar-refractivity contribution < 1.29 is 9.59 Å². The molecule has 0 aliphatic carbocycles. The van der Waals surface area contributed by atoms with E-state index in [1.54, 1.807) is 4.90 Å². The zero-order chi connectivity index (χ0) is 16.9. The predicted molar refractivity (Wildman–Crippen MR) is 93.8 cm³/mol. The minimum Gasteiger partial charge on any atom is -0.355 e. The minimum atomic E-state index is -0.502. The van der Waals surface area contributed by atoms with Crippen LogP contribution in [0.25, 0.3) is 0 Å². The summed E-state index contributed by atoms with van der Waals surface area (Å²) in [6.07, 6.45) is 0.542. The molecule has 3 rings (SSSR count). The van der Waals surface area contributed by atoms with Crippen LogP contribution >= 0.6 is 0 Å².